The van der Waals surface area contributed by atoms with Crippen LogP contribution in [0.5, 0.6) is 0 Å². The lowest BCUT2D eigenvalue weighted by molar-refractivity contribution is -0.174. The Balaban J connectivity index is 2.71. The number of rotatable bonds is 1. The zero-order chi connectivity index (χ0) is 10.2. The van der Waals surface area contributed by atoms with Gasteiger partial charge in [0.15, 0.2) is 0 Å². The summed E-state index contributed by atoms with van der Waals surface area (Å²) < 4.78 is 36.2. The van der Waals surface area contributed by atoms with Gasteiger partial charge in [-0.1, -0.05) is 0 Å². The van der Waals surface area contributed by atoms with Crippen LogP contribution in [0.25, 0.3) is 0 Å². The molecule has 0 aromatic heterocycles. The van der Waals surface area contributed by atoms with Crippen molar-refractivity contribution in [3.05, 3.63) is 0 Å². The minimum absolute atomic E-state index is 0.648. The molecule has 0 unspecified atom stereocenters. The highest BCUT2D eigenvalue weighted by atomic mass is 19.4. The van der Waals surface area contributed by atoms with Crippen LogP contribution in [-0.4, -0.2) is 52.4 Å². The molecule has 4 atom stereocenters. The Labute approximate surface area is 72.0 Å². The Bertz CT molecular complexity index is 186. The normalized spacial score (nSPS) is 41.1. The molecule has 0 aromatic carbocycles. The molecule has 0 aliphatic carbocycles. The highest BCUT2D eigenvalue weighted by Crippen LogP contribution is 2.29. The number of nitrogens with one attached hydrogen (secondary N) is 1. The first kappa shape index (κ1) is 10.7. The Morgan fingerprint density at radius 2 is 1.69 bits per heavy atom. The van der Waals surface area contributed by atoms with E-state index in [4.69, 9.17) is 15.3 Å². The molecule has 4 nitrogen and oxygen atoms in total. The van der Waals surface area contributed by atoms with E-state index in [9.17, 15) is 13.2 Å². The minimum atomic E-state index is -4.62. The third kappa shape index (κ3) is 1.93. The van der Waals surface area contributed by atoms with Gasteiger partial charge in [0.05, 0.1) is 18.8 Å². The molecule has 78 valence electrons. The topological polar surface area (TPSA) is 72.7 Å². The van der Waals surface area contributed by atoms with Crippen molar-refractivity contribution in [1.29, 1.82) is 0 Å². The maximum Gasteiger partial charge on any atom is 0.406 e. The summed E-state index contributed by atoms with van der Waals surface area (Å²) in [6.45, 7) is -0.648. The van der Waals surface area contributed by atoms with Crippen molar-refractivity contribution in [2.75, 3.05) is 6.61 Å². The summed E-state index contributed by atoms with van der Waals surface area (Å²) in [6, 6.07) is -3.29. The van der Waals surface area contributed by atoms with Crippen LogP contribution in [0, 0.1) is 0 Å². The molecule has 0 bridgehead atoms. The van der Waals surface area contributed by atoms with Gasteiger partial charge in [0.2, 0.25) is 0 Å². The average Bonchev–Trinajstić information content (AvgIpc) is 2.28. The first-order chi connectivity index (χ1) is 5.88. The second kappa shape index (κ2) is 3.41. The van der Waals surface area contributed by atoms with Crippen molar-refractivity contribution in [1.82, 2.24) is 5.32 Å². The molecule has 7 heteroatoms. The third-order valence-corrected chi connectivity index (χ3v) is 2.05. The number of hydrogen-bond acceptors (Lipinski definition) is 4. The van der Waals surface area contributed by atoms with Crippen LogP contribution in [0.4, 0.5) is 13.2 Å². The molecule has 4 N–H and O–H groups in total. The van der Waals surface area contributed by atoms with E-state index in [0.29, 0.717) is 0 Å². The van der Waals surface area contributed by atoms with Crippen LogP contribution in [0.15, 0.2) is 0 Å². The van der Waals surface area contributed by atoms with Crippen molar-refractivity contribution in [3.8, 4) is 0 Å². The van der Waals surface area contributed by atoms with Crippen molar-refractivity contribution >= 4 is 0 Å². The number of alkyl halides is 3. The van der Waals surface area contributed by atoms with Gasteiger partial charge in [0, 0.05) is 0 Å². The average molecular weight is 201 g/mol. The van der Waals surface area contributed by atoms with Crippen LogP contribution < -0.4 is 5.32 Å². The van der Waals surface area contributed by atoms with E-state index in [2.05, 4.69) is 0 Å². The fourth-order valence-electron chi connectivity index (χ4n) is 1.31. The second-order valence-corrected chi connectivity index (χ2v) is 2.96. The molecule has 0 saturated carbocycles. The summed E-state index contributed by atoms with van der Waals surface area (Å²) in [5.74, 6) is 0. The quantitative estimate of drug-likeness (QED) is 0.421. The van der Waals surface area contributed by atoms with Gasteiger partial charge in [0.25, 0.3) is 0 Å². The first-order valence-electron chi connectivity index (χ1n) is 3.67. The lowest BCUT2D eigenvalue weighted by atomic mass is 10.1. The van der Waals surface area contributed by atoms with E-state index < -0.39 is 37.1 Å². The fourth-order valence-corrected chi connectivity index (χ4v) is 1.31. The number of aliphatic hydroxyl groups is 3. The third-order valence-electron chi connectivity index (χ3n) is 2.05. The van der Waals surface area contributed by atoms with Crippen LogP contribution in [-0.2, 0) is 0 Å². The van der Waals surface area contributed by atoms with Crippen molar-refractivity contribution in [2.24, 2.45) is 0 Å². The van der Waals surface area contributed by atoms with Gasteiger partial charge in [0.1, 0.15) is 12.1 Å². The summed E-state index contributed by atoms with van der Waals surface area (Å²) in [5.41, 5.74) is 0. The zero-order valence-electron chi connectivity index (χ0n) is 6.49. The molecule has 0 radical (unpaired) electrons. The molecular formula is C6H10F3NO3. The van der Waals surface area contributed by atoms with Gasteiger partial charge in [-0.15, -0.1) is 0 Å². The Hall–Kier alpha value is -0.370. The maximum atomic E-state index is 12.1. The SMILES string of the molecule is OC[C@H]1N[C@H](C(F)(F)F)[C@@H](O)[C@@H]1O. The minimum Gasteiger partial charge on any atom is -0.395 e. The van der Waals surface area contributed by atoms with E-state index >= 15 is 0 Å². The Morgan fingerprint density at radius 3 is 1.92 bits per heavy atom. The second-order valence-electron chi connectivity index (χ2n) is 2.96. The summed E-state index contributed by atoms with van der Waals surface area (Å²) >= 11 is 0. The van der Waals surface area contributed by atoms with Gasteiger partial charge >= 0.3 is 6.18 Å². The number of aliphatic hydroxyl groups excluding tert-OH is 3. The summed E-state index contributed by atoms with van der Waals surface area (Å²) in [5, 5.41) is 28.4. The monoisotopic (exact) mass is 201 g/mol. The Morgan fingerprint density at radius 1 is 1.15 bits per heavy atom. The van der Waals surface area contributed by atoms with Gasteiger partial charge < -0.3 is 15.3 Å². The molecule has 1 fully saturated rings. The van der Waals surface area contributed by atoms with Gasteiger partial charge in [-0.2, -0.15) is 13.2 Å². The van der Waals surface area contributed by atoms with Gasteiger partial charge in [-0.3, -0.25) is 5.32 Å². The van der Waals surface area contributed by atoms with Gasteiger partial charge in [-0.25, -0.2) is 0 Å². The highest BCUT2D eigenvalue weighted by molar-refractivity contribution is 5.00. The van der Waals surface area contributed by atoms with E-state index in [-0.39, 0.29) is 0 Å². The predicted molar refractivity (Wildman–Crippen MR) is 35.9 cm³/mol. The largest absolute Gasteiger partial charge is 0.406 e. The van der Waals surface area contributed by atoms with E-state index in [1.165, 1.54) is 0 Å². The molecule has 0 aromatic rings. The molecule has 13 heavy (non-hydrogen) atoms. The highest BCUT2D eigenvalue weighted by Gasteiger charge is 2.53. The first-order valence-corrected chi connectivity index (χ1v) is 3.67. The van der Waals surface area contributed by atoms with Crippen LogP contribution in [0.2, 0.25) is 0 Å². The standard InChI is InChI=1S/C6H10F3NO3/c7-6(8,9)5-4(13)3(12)2(1-11)10-5/h2-5,10-13H,1H2/t2-,3-,4+,5+/m1/s1. The smallest absolute Gasteiger partial charge is 0.395 e. The molecular weight excluding hydrogens is 191 g/mol. The van der Waals surface area contributed by atoms with E-state index in [1.807, 2.05) is 5.32 Å². The molecule has 1 saturated heterocycles. The molecule has 1 aliphatic heterocycles. The summed E-state index contributed by atoms with van der Waals surface area (Å²) in [7, 11) is 0. The fraction of sp³-hybridized carbons (Fsp3) is 1.00. The van der Waals surface area contributed by atoms with Crippen LogP contribution in [0.1, 0.15) is 0 Å². The van der Waals surface area contributed by atoms with Crippen LogP contribution in [0.3, 0.4) is 0 Å². The van der Waals surface area contributed by atoms with Gasteiger partial charge in [-0.05, 0) is 0 Å². The molecule has 1 heterocycles. The summed E-state index contributed by atoms with van der Waals surface area (Å²) in [6.07, 6.45) is -8.13. The lowest BCUT2D eigenvalue weighted by Gasteiger charge is -2.18. The van der Waals surface area contributed by atoms with Crippen molar-refractivity contribution < 1.29 is 28.5 Å². The maximum absolute atomic E-state index is 12.1. The molecule has 1 aliphatic rings. The van der Waals surface area contributed by atoms with E-state index in [0.717, 1.165) is 0 Å². The molecule has 0 amide bonds. The molecule has 0 spiro atoms. The number of halogens is 3. The zero-order valence-corrected chi connectivity index (χ0v) is 6.49. The predicted octanol–water partition coefficient (Wildman–Crippen LogP) is -1.40. The van der Waals surface area contributed by atoms with Crippen molar-refractivity contribution in [3.63, 3.8) is 0 Å². The molecule has 1 rings (SSSR count). The van der Waals surface area contributed by atoms with E-state index in [1.54, 1.807) is 0 Å². The van der Waals surface area contributed by atoms with Crippen LogP contribution >= 0.6 is 0 Å². The van der Waals surface area contributed by atoms with Crippen molar-refractivity contribution in [2.45, 2.75) is 30.5 Å². The number of hydrogen-bond donors (Lipinski definition) is 4. The summed E-state index contributed by atoms with van der Waals surface area (Å²) in [4.78, 5) is 0. The Kier molecular flexibility index (Phi) is 2.81. The lowest BCUT2D eigenvalue weighted by Crippen LogP contribution is -2.46.